The Hall–Kier alpha value is -1.35. The van der Waals surface area contributed by atoms with Crippen LogP contribution in [0.2, 0.25) is 0 Å². The Morgan fingerprint density at radius 3 is 2.16 bits per heavy atom. The molecule has 0 aromatic heterocycles. The smallest absolute Gasteiger partial charge is 0.306 e. The lowest BCUT2D eigenvalue weighted by Crippen LogP contribution is -2.24. The van der Waals surface area contributed by atoms with Crippen LogP contribution in [0.15, 0.2) is 12.1 Å². The van der Waals surface area contributed by atoms with Crippen molar-refractivity contribution in [3.05, 3.63) is 34.4 Å². The fraction of sp³-hybridized carbons (Fsp3) is 0.562. The van der Waals surface area contributed by atoms with Crippen LogP contribution in [0.1, 0.15) is 49.4 Å². The summed E-state index contributed by atoms with van der Waals surface area (Å²) in [5, 5.41) is 0. The van der Waals surface area contributed by atoms with Crippen molar-refractivity contribution in [1.29, 1.82) is 0 Å². The third-order valence-corrected chi connectivity index (χ3v) is 3.00. The number of benzene rings is 1. The van der Waals surface area contributed by atoms with Crippen molar-refractivity contribution in [1.82, 2.24) is 0 Å². The van der Waals surface area contributed by atoms with Crippen molar-refractivity contribution < 1.29 is 9.53 Å². The highest BCUT2D eigenvalue weighted by Crippen LogP contribution is 2.18. The SMILES string of the molecule is Cc1cc(CCC(=O)OC(C)(C)C)cc(C)c1CN. The second-order valence-electron chi connectivity index (χ2n) is 6.00. The summed E-state index contributed by atoms with van der Waals surface area (Å²) in [5.41, 5.74) is 10.1. The lowest BCUT2D eigenvalue weighted by atomic mass is 9.97. The van der Waals surface area contributed by atoms with E-state index in [0.29, 0.717) is 19.4 Å². The Kier molecular flexibility index (Phi) is 5.12. The number of carbonyl (C=O) groups excluding carboxylic acids is 1. The van der Waals surface area contributed by atoms with E-state index in [9.17, 15) is 4.79 Å². The van der Waals surface area contributed by atoms with Gasteiger partial charge in [0.15, 0.2) is 0 Å². The summed E-state index contributed by atoms with van der Waals surface area (Å²) >= 11 is 0. The Morgan fingerprint density at radius 1 is 1.21 bits per heavy atom. The first-order chi connectivity index (χ1) is 8.73. The van der Waals surface area contributed by atoms with Crippen LogP contribution in [0.3, 0.4) is 0 Å². The molecule has 1 rings (SSSR count). The number of hydrogen-bond donors (Lipinski definition) is 1. The van der Waals surface area contributed by atoms with Gasteiger partial charge in [0, 0.05) is 13.0 Å². The van der Waals surface area contributed by atoms with Gasteiger partial charge in [-0.3, -0.25) is 4.79 Å². The monoisotopic (exact) mass is 263 g/mol. The van der Waals surface area contributed by atoms with Gasteiger partial charge in [0.2, 0.25) is 0 Å². The van der Waals surface area contributed by atoms with Crippen LogP contribution in [0.25, 0.3) is 0 Å². The highest BCUT2D eigenvalue weighted by Gasteiger charge is 2.16. The molecule has 0 spiro atoms. The molecule has 2 N–H and O–H groups in total. The number of aryl methyl sites for hydroxylation is 3. The van der Waals surface area contributed by atoms with Crippen molar-refractivity contribution >= 4 is 5.97 Å². The molecule has 0 heterocycles. The van der Waals surface area contributed by atoms with E-state index in [0.717, 1.165) is 5.56 Å². The molecule has 0 saturated carbocycles. The molecule has 0 radical (unpaired) electrons. The predicted molar refractivity (Wildman–Crippen MR) is 78.0 cm³/mol. The number of hydrogen-bond acceptors (Lipinski definition) is 3. The van der Waals surface area contributed by atoms with Crippen molar-refractivity contribution in [2.45, 2.75) is 59.6 Å². The number of rotatable bonds is 4. The molecule has 19 heavy (non-hydrogen) atoms. The van der Waals surface area contributed by atoms with E-state index in [-0.39, 0.29) is 5.97 Å². The minimum Gasteiger partial charge on any atom is -0.460 e. The van der Waals surface area contributed by atoms with Gasteiger partial charge in [-0.15, -0.1) is 0 Å². The van der Waals surface area contributed by atoms with Gasteiger partial charge in [-0.25, -0.2) is 0 Å². The van der Waals surface area contributed by atoms with E-state index in [4.69, 9.17) is 10.5 Å². The average molecular weight is 263 g/mol. The maximum absolute atomic E-state index is 11.7. The summed E-state index contributed by atoms with van der Waals surface area (Å²) in [6.45, 7) is 10.3. The molecule has 0 atom stereocenters. The van der Waals surface area contributed by atoms with Gasteiger partial charge in [-0.05, 0) is 63.3 Å². The van der Waals surface area contributed by atoms with Crippen molar-refractivity contribution in [3.63, 3.8) is 0 Å². The number of nitrogens with two attached hydrogens (primary N) is 1. The molecule has 0 aliphatic heterocycles. The largest absolute Gasteiger partial charge is 0.460 e. The molecule has 106 valence electrons. The molecule has 0 unspecified atom stereocenters. The summed E-state index contributed by atoms with van der Waals surface area (Å²) < 4.78 is 5.31. The van der Waals surface area contributed by atoms with E-state index in [1.165, 1.54) is 16.7 Å². The van der Waals surface area contributed by atoms with Gasteiger partial charge < -0.3 is 10.5 Å². The van der Waals surface area contributed by atoms with E-state index >= 15 is 0 Å². The summed E-state index contributed by atoms with van der Waals surface area (Å²) in [5.74, 6) is -0.147. The number of carbonyl (C=O) groups is 1. The first-order valence-corrected chi connectivity index (χ1v) is 6.74. The molecule has 0 bridgehead atoms. The van der Waals surface area contributed by atoms with E-state index < -0.39 is 5.60 Å². The summed E-state index contributed by atoms with van der Waals surface area (Å²) in [6, 6.07) is 4.22. The Bertz CT molecular complexity index is 435. The van der Waals surface area contributed by atoms with E-state index in [1.807, 2.05) is 20.8 Å². The lowest BCUT2D eigenvalue weighted by Gasteiger charge is -2.19. The molecule has 3 nitrogen and oxygen atoms in total. The molecule has 0 fully saturated rings. The van der Waals surface area contributed by atoms with Crippen molar-refractivity contribution in [3.8, 4) is 0 Å². The number of ether oxygens (including phenoxy) is 1. The fourth-order valence-corrected chi connectivity index (χ4v) is 2.19. The first-order valence-electron chi connectivity index (χ1n) is 6.74. The summed E-state index contributed by atoms with van der Waals surface area (Å²) in [6.07, 6.45) is 1.12. The van der Waals surface area contributed by atoms with Crippen LogP contribution in [-0.4, -0.2) is 11.6 Å². The van der Waals surface area contributed by atoms with Gasteiger partial charge in [0.1, 0.15) is 5.60 Å². The Balaban J connectivity index is 2.67. The first kappa shape index (κ1) is 15.7. The Morgan fingerprint density at radius 2 is 1.74 bits per heavy atom. The minimum atomic E-state index is -0.410. The van der Waals surface area contributed by atoms with Crippen LogP contribution in [-0.2, 0) is 22.5 Å². The van der Waals surface area contributed by atoms with Gasteiger partial charge in [0.05, 0.1) is 0 Å². The number of esters is 1. The molecule has 1 aromatic carbocycles. The maximum atomic E-state index is 11.7. The molecule has 1 aromatic rings. The normalized spacial score (nSPS) is 11.5. The zero-order valence-electron chi connectivity index (χ0n) is 12.7. The van der Waals surface area contributed by atoms with Crippen molar-refractivity contribution in [2.75, 3.05) is 0 Å². The predicted octanol–water partition coefficient (Wildman–Crippen LogP) is 3.04. The molecule has 0 saturated heterocycles. The Labute approximate surface area is 116 Å². The van der Waals surface area contributed by atoms with Gasteiger partial charge in [0.25, 0.3) is 0 Å². The second kappa shape index (κ2) is 6.20. The van der Waals surface area contributed by atoms with Crippen LogP contribution in [0, 0.1) is 13.8 Å². The van der Waals surface area contributed by atoms with Crippen LogP contribution < -0.4 is 5.73 Å². The lowest BCUT2D eigenvalue weighted by molar-refractivity contribution is -0.154. The van der Waals surface area contributed by atoms with E-state index in [1.54, 1.807) is 0 Å². The minimum absolute atomic E-state index is 0.147. The fourth-order valence-electron chi connectivity index (χ4n) is 2.19. The summed E-state index contributed by atoms with van der Waals surface area (Å²) in [4.78, 5) is 11.7. The molecular weight excluding hydrogens is 238 g/mol. The third kappa shape index (κ3) is 5.03. The van der Waals surface area contributed by atoms with Gasteiger partial charge in [-0.1, -0.05) is 12.1 Å². The highest BCUT2D eigenvalue weighted by atomic mass is 16.6. The van der Waals surface area contributed by atoms with Crippen LogP contribution in [0.4, 0.5) is 0 Å². The van der Waals surface area contributed by atoms with Crippen LogP contribution in [0.5, 0.6) is 0 Å². The molecular formula is C16H25NO2. The average Bonchev–Trinajstić information content (AvgIpc) is 2.23. The second-order valence-corrected chi connectivity index (χ2v) is 6.00. The topological polar surface area (TPSA) is 52.3 Å². The van der Waals surface area contributed by atoms with Gasteiger partial charge >= 0.3 is 5.97 Å². The van der Waals surface area contributed by atoms with Gasteiger partial charge in [-0.2, -0.15) is 0 Å². The third-order valence-electron chi connectivity index (χ3n) is 3.00. The van der Waals surface area contributed by atoms with Crippen LogP contribution >= 0.6 is 0 Å². The molecule has 0 aliphatic rings. The van der Waals surface area contributed by atoms with E-state index in [2.05, 4.69) is 26.0 Å². The molecule has 0 amide bonds. The quantitative estimate of drug-likeness (QED) is 0.849. The highest BCUT2D eigenvalue weighted by molar-refractivity contribution is 5.70. The van der Waals surface area contributed by atoms with Crippen molar-refractivity contribution in [2.24, 2.45) is 5.73 Å². The standard InChI is InChI=1S/C16H25NO2/c1-11-8-13(9-12(2)14(11)10-17)6-7-15(18)19-16(3,4)5/h8-9H,6-7,10,17H2,1-5H3. The molecule has 0 aliphatic carbocycles. The zero-order valence-corrected chi connectivity index (χ0v) is 12.7. The zero-order chi connectivity index (χ0) is 14.6. The molecule has 3 heteroatoms. The maximum Gasteiger partial charge on any atom is 0.306 e. The summed E-state index contributed by atoms with van der Waals surface area (Å²) in [7, 11) is 0.